The van der Waals surface area contributed by atoms with Crippen molar-refractivity contribution in [2.75, 3.05) is 9.80 Å². The van der Waals surface area contributed by atoms with Crippen molar-refractivity contribution < 1.29 is 0 Å². The molecule has 12 rings (SSSR count). The van der Waals surface area contributed by atoms with Gasteiger partial charge >= 0.3 is 0 Å². The average molecular weight is 873 g/mol. The second-order valence-corrected chi connectivity index (χ2v) is 18.4. The van der Waals surface area contributed by atoms with Gasteiger partial charge in [0.05, 0.1) is 11.5 Å². The lowest BCUT2D eigenvalue weighted by molar-refractivity contribution is 0.535. The molecule has 3 aliphatic carbocycles. The van der Waals surface area contributed by atoms with Gasteiger partial charge in [0.2, 0.25) is 0 Å². The Morgan fingerprint density at radius 2 is 1.24 bits per heavy atom. The van der Waals surface area contributed by atoms with Crippen molar-refractivity contribution in [3.63, 3.8) is 0 Å². The number of benzene rings is 8. The molecular weight excluding hydrogens is 821 g/mol. The minimum absolute atomic E-state index is 0.242. The summed E-state index contributed by atoms with van der Waals surface area (Å²) in [4.78, 5) is 4.97. The molecule has 0 radical (unpaired) electrons. The van der Waals surface area contributed by atoms with Crippen LogP contribution in [0.4, 0.5) is 28.4 Å². The summed E-state index contributed by atoms with van der Waals surface area (Å²) in [7, 11) is 0. The highest BCUT2D eigenvalue weighted by molar-refractivity contribution is 5.98. The quantitative estimate of drug-likeness (QED) is 0.126. The molecule has 0 saturated heterocycles. The molecule has 0 bridgehead atoms. The van der Waals surface area contributed by atoms with E-state index >= 15 is 0 Å². The molecule has 8 aromatic carbocycles. The van der Waals surface area contributed by atoms with E-state index in [1.54, 1.807) is 0 Å². The first-order chi connectivity index (χ1) is 33.6. The first-order valence-electron chi connectivity index (χ1n) is 24.0. The highest BCUT2D eigenvalue weighted by atomic mass is 15.2. The van der Waals surface area contributed by atoms with Crippen LogP contribution < -0.4 is 9.80 Å². The number of rotatable bonds is 10. The summed E-state index contributed by atoms with van der Waals surface area (Å²) in [6, 6.07) is 76.3. The molecule has 0 saturated carbocycles. The van der Waals surface area contributed by atoms with E-state index in [1.165, 1.54) is 83.7 Å². The SMILES string of the molecule is C=C/C=C(\C=C/C)C1(c2ccccc2)C2=C(c3ccccc3C2)c2ccc(N(c3ccc(C4=CC5Cc6ccccc6N(c6ccccc6)C5C=C4)cc3)c3ccc(-c4ccccc4)cc3)cc21. The van der Waals surface area contributed by atoms with E-state index in [0.29, 0.717) is 5.92 Å². The summed E-state index contributed by atoms with van der Waals surface area (Å²) in [6.45, 7) is 6.38. The number of anilines is 5. The van der Waals surface area contributed by atoms with Crippen LogP contribution in [0.5, 0.6) is 0 Å². The predicted octanol–water partition coefficient (Wildman–Crippen LogP) is 16.5. The summed E-state index contributed by atoms with van der Waals surface area (Å²) in [6.07, 6.45) is 17.8. The standard InChI is InChI=1S/C66H52N2/c1-3-18-53(19-4-2)66(54-24-10-6-11-25-54)61-45-58(39-40-60(61)65-59-28-16-14-22-50(59)44-62(65)66)67(56-35-30-47(31-36-56)46-20-8-5-9-21-46)57-37-32-48(33-38-57)49-34-41-64-52(42-49)43-51-23-15-17-29-63(51)68(64)55-26-12-7-13-27-55/h3-42,45,52,64H,1,43-44H2,2H3/b19-4-,53-18+. The number of hydrogen-bond acceptors (Lipinski definition) is 2. The summed E-state index contributed by atoms with van der Waals surface area (Å²) in [5, 5.41) is 0. The Bertz CT molecular complexity index is 3350. The van der Waals surface area contributed by atoms with Crippen LogP contribution >= 0.6 is 0 Å². The maximum Gasteiger partial charge on any atom is 0.0680 e. The third-order valence-corrected chi connectivity index (χ3v) is 14.7. The zero-order valence-corrected chi connectivity index (χ0v) is 38.3. The summed E-state index contributed by atoms with van der Waals surface area (Å²) in [5.41, 5.74) is 22.1. The monoisotopic (exact) mass is 872 g/mol. The molecule has 68 heavy (non-hydrogen) atoms. The van der Waals surface area contributed by atoms with Crippen LogP contribution in [-0.2, 0) is 18.3 Å². The van der Waals surface area contributed by atoms with Gasteiger partial charge in [-0.3, -0.25) is 0 Å². The molecule has 0 aromatic heterocycles. The van der Waals surface area contributed by atoms with Crippen LogP contribution in [0.2, 0.25) is 0 Å². The van der Waals surface area contributed by atoms with Crippen LogP contribution in [-0.4, -0.2) is 6.04 Å². The lowest BCUT2D eigenvalue weighted by Gasteiger charge is -2.43. The first kappa shape index (κ1) is 41.2. The van der Waals surface area contributed by atoms with Gasteiger partial charge in [-0.2, -0.15) is 0 Å². The summed E-state index contributed by atoms with van der Waals surface area (Å²) >= 11 is 0. The third-order valence-electron chi connectivity index (χ3n) is 14.7. The molecule has 4 aliphatic rings. The van der Waals surface area contributed by atoms with Gasteiger partial charge in [0.25, 0.3) is 0 Å². The summed E-state index contributed by atoms with van der Waals surface area (Å²) < 4.78 is 0. The Morgan fingerprint density at radius 1 is 0.618 bits per heavy atom. The number of nitrogens with zero attached hydrogens (tertiary/aromatic N) is 2. The Hall–Kier alpha value is -8.20. The summed E-state index contributed by atoms with van der Waals surface area (Å²) in [5.74, 6) is 0.338. The fraction of sp³-hybridized carbons (Fsp3) is 0.0909. The lowest BCUT2D eigenvalue weighted by atomic mass is 9.65. The Labute approximate surface area is 401 Å². The van der Waals surface area contributed by atoms with Crippen molar-refractivity contribution in [1.82, 2.24) is 0 Å². The van der Waals surface area contributed by atoms with Crippen molar-refractivity contribution in [2.24, 2.45) is 5.92 Å². The number of para-hydroxylation sites is 2. The van der Waals surface area contributed by atoms with Crippen LogP contribution in [0.25, 0.3) is 22.3 Å². The fourth-order valence-electron chi connectivity index (χ4n) is 11.8. The van der Waals surface area contributed by atoms with Gasteiger partial charge in [0.15, 0.2) is 0 Å². The minimum atomic E-state index is -0.540. The van der Waals surface area contributed by atoms with Crippen LogP contribution in [0.15, 0.2) is 267 Å². The molecule has 1 heterocycles. The zero-order chi connectivity index (χ0) is 45.6. The normalized spacial score (nSPS) is 18.9. The Balaban J connectivity index is 0.987. The van der Waals surface area contributed by atoms with Gasteiger partial charge in [0, 0.05) is 34.4 Å². The molecule has 326 valence electrons. The largest absolute Gasteiger partial charge is 0.334 e. The van der Waals surface area contributed by atoms with Gasteiger partial charge in [-0.1, -0.05) is 201 Å². The minimum Gasteiger partial charge on any atom is -0.334 e. The van der Waals surface area contributed by atoms with E-state index in [0.717, 1.165) is 29.9 Å². The smallest absolute Gasteiger partial charge is 0.0680 e. The van der Waals surface area contributed by atoms with E-state index in [-0.39, 0.29) is 6.04 Å². The fourth-order valence-corrected chi connectivity index (χ4v) is 11.8. The van der Waals surface area contributed by atoms with Crippen molar-refractivity contribution in [1.29, 1.82) is 0 Å². The second-order valence-electron chi connectivity index (χ2n) is 18.4. The topological polar surface area (TPSA) is 6.48 Å². The molecule has 8 aromatic rings. The van der Waals surface area contributed by atoms with Gasteiger partial charge in [0.1, 0.15) is 0 Å². The van der Waals surface area contributed by atoms with Gasteiger partial charge in [-0.25, -0.2) is 0 Å². The molecule has 2 heteroatoms. The van der Waals surface area contributed by atoms with Gasteiger partial charge < -0.3 is 9.80 Å². The third kappa shape index (κ3) is 6.78. The molecule has 0 amide bonds. The maximum absolute atomic E-state index is 4.25. The predicted molar refractivity (Wildman–Crippen MR) is 286 cm³/mol. The van der Waals surface area contributed by atoms with E-state index in [9.17, 15) is 0 Å². The van der Waals surface area contributed by atoms with Crippen molar-refractivity contribution in [3.8, 4) is 11.1 Å². The molecular formula is C66H52N2. The Kier molecular flexibility index (Phi) is 10.4. The number of hydrogen-bond donors (Lipinski definition) is 0. The van der Waals surface area contributed by atoms with Crippen LogP contribution in [0.3, 0.4) is 0 Å². The van der Waals surface area contributed by atoms with Crippen molar-refractivity contribution in [3.05, 3.63) is 305 Å². The molecule has 3 atom stereocenters. The molecule has 0 spiro atoms. The van der Waals surface area contributed by atoms with Crippen LogP contribution in [0.1, 0.15) is 45.9 Å². The first-order valence-corrected chi connectivity index (χ1v) is 24.0. The number of fused-ring (bicyclic) bond motifs is 6. The maximum atomic E-state index is 4.25. The lowest BCUT2D eigenvalue weighted by Crippen LogP contribution is -2.41. The molecule has 0 N–H and O–H groups in total. The molecule has 3 unspecified atom stereocenters. The van der Waals surface area contributed by atoms with Crippen molar-refractivity contribution >= 4 is 39.6 Å². The highest BCUT2D eigenvalue weighted by Gasteiger charge is 2.51. The molecule has 2 nitrogen and oxygen atoms in total. The van der Waals surface area contributed by atoms with Gasteiger partial charge in [-0.15, -0.1) is 0 Å². The number of allylic oxidation sites excluding steroid dienone is 8. The van der Waals surface area contributed by atoms with Gasteiger partial charge in [-0.05, 0) is 147 Å². The molecule has 0 fully saturated rings. The highest BCUT2D eigenvalue weighted by Crippen LogP contribution is 2.61. The second kappa shape index (κ2) is 17.2. The van der Waals surface area contributed by atoms with Crippen LogP contribution in [0, 0.1) is 5.92 Å². The van der Waals surface area contributed by atoms with E-state index in [2.05, 4.69) is 266 Å². The zero-order valence-electron chi connectivity index (χ0n) is 38.3. The van der Waals surface area contributed by atoms with Crippen molar-refractivity contribution in [2.45, 2.75) is 31.2 Å². The van der Waals surface area contributed by atoms with E-state index in [4.69, 9.17) is 0 Å². The average Bonchev–Trinajstić information content (AvgIpc) is 3.92. The Morgan fingerprint density at radius 3 is 1.96 bits per heavy atom. The van der Waals surface area contributed by atoms with E-state index in [1.807, 2.05) is 6.08 Å². The molecule has 1 aliphatic heterocycles. The van der Waals surface area contributed by atoms with E-state index < -0.39 is 5.41 Å².